The number of aromatic hydroxyl groups is 1. The van der Waals surface area contributed by atoms with Crippen LogP contribution in [-0.2, 0) is 11.2 Å². The minimum absolute atomic E-state index is 0.0799. The topological polar surface area (TPSA) is 90.8 Å². The summed E-state index contributed by atoms with van der Waals surface area (Å²) < 4.78 is 0. The number of nitrogens with zero attached hydrogens (tertiary/aromatic N) is 1. The molecule has 0 saturated carbocycles. The smallest absolute Gasteiger partial charge is 0.271 e. The van der Waals surface area contributed by atoms with Crippen molar-refractivity contribution in [1.82, 2.24) is 5.43 Å². The third kappa shape index (κ3) is 5.54. The van der Waals surface area contributed by atoms with Gasteiger partial charge in [0.25, 0.3) is 5.91 Å². The zero-order valence-corrected chi connectivity index (χ0v) is 19.3. The number of benzene rings is 4. The van der Waals surface area contributed by atoms with E-state index in [-0.39, 0.29) is 28.7 Å². The molecule has 6 nitrogen and oxygen atoms in total. The second-order valence-electron chi connectivity index (χ2n) is 7.46. The molecule has 0 aliphatic rings. The number of fused-ring (bicyclic) bond motifs is 1. The number of phenols is 1. The standard InChI is InChI=1S/C26H19Cl2N3O3/c27-19-9-5-16(6-10-19)13-25(33)30-23-11-7-18(20-3-1-2-4-21(20)23)15-29-31-26(34)17-8-12-24(32)22(28)14-17/h1-12,14-15,32H,13H2,(H,30,33)(H,31,34). The summed E-state index contributed by atoms with van der Waals surface area (Å²) in [7, 11) is 0. The van der Waals surface area contributed by atoms with Gasteiger partial charge in [0.2, 0.25) is 5.91 Å². The number of hydrogen-bond donors (Lipinski definition) is 3. The van der Waals surface area contributed by atoms with Crippen molar-refractivity contribution < 1.29 is 14.7 Å². The molecule has 0 saturated heterocycles. The molecule has 3 N–H and O–H groups in total. The molecule has 0 aliphatic carbocycles. The summed E-state index contributed by atoms with van der Waals surface area (Å²) in [6.07, 6.45) is 1.75. The van der Waals surface area contributed by atoms with Gasteiger partial charge in [-0.2, -0.15) is 5.10 Å². The van der Waals surface area contributed by atoms with Crippen LogP contribution in [0.15, 0.2) is 84.0 Å². The Bertz CT molecular complexity index is 1400. The van der Waals surface area contributed by atoms with Crippen LogP contribution in [0.2, 0.25) is 10.0 Å². The van der Waals surface area contributed by atoms with Crippen LogP contribution in [0.4, 0.5) is 5.69 Å². The molecule has 2 amide bonds. The maximum Gasteiger partial charge on any atom is 0.271 e. The SMILES string of the molecule is O=C(Cc1ccc(Cl)cc1)Nc1ccc(C=NNC(=O)c2ccc(O)c(Cl)c2)c2ccccc12. The molecule has 4 aromatic rings. The normalized spacial score (nSPS) is 11.0. The van der Waals surface area contributed by atoms with E-state index in [0.29, 0.717) is 10.7 Å². The largest absolute Gasteiger partial charge is 0.506 e. The Morgan fingerprint density at radius 3 is 2.38 bits per heavy atom. The Hall–Kier alpha value is -3.87. The maximum atomic E-state index is 12.6. The average Bonchev–Trinajstić information content (AvgIpc) is 2.83. The molecule has 0 bridgehead atoms. The highest BCUT2D eigenvalue weighted by Gasteiger charge is 2.10. The van der Waals surface area contributed by atoms with Gasteiger partial charge in [-0.25, -0.2) is 5.43 Å². The van der Waals surface area contributed by atoms with E-state index in [4.69, 9.17) is 23.2 Å². The van der Waals surface area contributed by atoms with Crippen molar-refractivity contribution in [3.63, 3.8) is 0 Å². The molecule has 0 heterocycles. The van der Waals surface area contributed by atoms with Crippen molar-refractivity contribution in [2.45, 2.75) is 6.42 Å². The van der Waals surface area contributed by atoms with E-state index in [9.17, 15) is 14.7 Å². The van der Waals surface area contributed by atoms with Crippen molar-refractivity contribution in [1.29, 1.82) is 0 Å². The van der Waals surface area contributed by atoms with Gasteiger partial charge in [0.05, 0.1) is 17.7 Å². The van der Waals surface area contributed by atoms with Crippen LogP contribution < -0.4 is 10.7 Å². The third-order valence-electron chi connectivity index (χ3n) is 5.09. The van der Waals surface area contributed by atoms with Gasteiger partial charge in [-0.1, -0.05) is 65.7 Å². The lowest BCUT2D eigenvalue weighted by Gasteiger charge is -2.11. The average molecular weight is 492 g/mol. The summed E-state index contributed by atoms with van der Waals surface area (Å²) >= 11 is 11.8. The summed E-state index contributed by atoms with van der Waals surface area (Å²) in [5.74, 6) is -0.712. The zero-order valence-electron chi connectivity index (χ0n) is 17.8. The molecule has 0 radical (unpaired) electrons. The van der Waals surface area contributed by atoms with E-state index in [0.717, 1.165) is 21.9 Å². The van der Waals surface area contributed by atoms with Crippen molar-refractivity contribution in [3.05, 3.63) is 106 Å². The van der Waals surface area contributed by atoms with Gasteiger partial charge in [0.15, 0.2) is 0 Å². The number of carbonyl (C=O) groups is 2. The molecule has 0 atom stereocenters. The lowest BCUT2D eigenvalue weighted by Crippen LogP contribution is -2.17. The first-order valence-electron chi connectivity index (χ1n) is 10.3. The lowest BCUT2D eigenvalue weighted by molar-refractivity contribution is -0.115. The molecule has 0 aromatic heterocycles. The van der Waals surface area contributed by atoms with Gasteiger partial charge in [-0.15, -0.1) is 0 Å². The van der Waals surface area contributed by atoms with E-state index in [1.807, 2.05) is 42.5 Å². The summed E-state index contributed by atoms with van der Waals surface area (Å²) in [6.45, 7) is 0. The van der Waals surface area contributed by atoms with Crippen LogP contribution in [0.3, 0.4) is 0 Å². The minimum atomic E-state index is -0.464. The third-order valence-corrected chi connectivity index (χ3v) is 5.64. The van der Waals surface area contributed by atoms with Crippen molar-refractivity contribution in [3.8, 4) is 5.75 Å². The molecule has 34 heavy (non-hydrogen) atoms. The summed E-state index contributed by atoms with van der Waals surface area (Å²) in [6, 6.07) is 22.5. The Morgan fingerprint density at radius 1 is 0.912 bits per heavy atom. The molecule has 8 heteroatoms. The number of amides is 2. The number of carbonyl (C=O) groups excluding carboxylic acids is 2. The highest BCUT2D eigenvalue weighted by atomic mass is 35.5. The molecule has 170 valence electrons. The quantitative estimate of drug-likeness (QED) is 0.235. The summed E-state index contributed by atoms with van der Waals surface area (Å²) in [4.78, 5) is 24.9. The number of rotatable bonds is 6. The highest BCUT2D eigenvalue weighted by molar-refractivity contribution is 6.32. The van der Waals surface area contributed by atoms with Gasteiger partial charge in [-0.3, -0.25) is 9.59 Å². The van der Waals surface area contributed by atoms with Crippen LogP contribution in [0, 0.1) is 0 Å². The monoisotopic (exact) mass is 491 g/mol. The van der Waals surface area contributed by atoms with Crippen LogP contribution >= 0.6 is 23.2 Å². The molecule has 4 rings (SSSR count). The first-order chi connectivity index (χ1) is 16.4. The molecule has 0 aliphatic heterocycles. The van der Waals surface area contributed by atoms with Crippen molar-refractivity contribution in [2.24, 2.45) is 5.10 Å². The zero-order chi connectivity index (χ0) is 24.1. The molecule has 0 unspecified atom stereocenters. The molecular formula is C26H19Cl2N3O3. The van der Waals surface area contributed by atoms with Crippen LogP contribution in [0.1, 0.15) is 21.5 Å². The first kappa shape index (κ1) is 23.3. The van der Waals surface area contributed by atoms with E-state index in [2.05, 4.69) is 15.8 Å². The van der Waals surface area contributed by atoms with E-state index in [1.54, 1.807) is 18.2 Å². The van der Waals surface area contributed by atoms with Crippen LogP contribution in [0.5, 0.6) is 5.75 Å². The van der Waals surface area contributed by atoms with Gasteiger partial charge >= 0.3 is 0 Å². The summed E-state index contributed by atoms with van der Waals surface area (Å²) in [5.41, 5.74) is 5.01. The summed E-state index contributed by atoms with van der Waals surface area (Å²) in [5, 5.41) is 18.9. The van der Waals surface area contributed by atoms with Gasteiger partial charge in [0, 0.05) is 27.2 Å². The maximum absolute atomic E-state index is 12.6. The number of hydrogen-bond acceptors (Lipinski definition) is 4. The number of halogens is 2. The molecule has 0 spiro atoms. The number of phenolic OH excluding ortho intramolecular Hbond substituents is 1. The predicted molar refractivity (Wildman–Crippen MR) is 136 cm³/mol. The lowest BCUT2D eigenvalue weighted by atomic mass is 10.0. The number of anilines is 1. The van der Waals surface area contributed by atoms with E-state index < -0.39 is 5.91 Å². The van der Waals surface area contributed by atoms with Crippen molar-refractivity contribution in [2.75, 3.05) is 5.32 Å². The molecule has 4 aromatic carbocycles. The first-order valence-corrected chi connectivity index (χ1v) is 11.0. The second kappa shape index (κ2) is 10.4. The van der Waals surface area contributed by atoms with Gasteiger partial charge in [0.1, 0.15) is 5.75 Å². The molecular weight excluding hydrogens is 473 g/mol. The Kier molecular flexibility index (Phi) is 7.11. The fourth-order valence-corrected chi connectivity index (χ4v) is 3.71. The fraction of sp³-hybridized carbons (Fsp3) is 0.0385. The van der Waals surface area contributed by atoms with E-state index >= 15 is 0 Å². The number of nitrogens with one attached hydrogen (secondary N) is 2. The van der Waals surface area contributed by atoms with Crippen molar-refractivity contribution >= 4 is 57.7 Å². The van der Waals surface area contributed by atoms with Gasteiger partial charge < -0.3 is 10.4 Å². The fourth-order valence-electron chi connectivity index (χ4n) is 3.40. The minimum Gasteiger partial charge on any atom is -0.506 e. The second-order valence-corrected chi connectivity index (χ2v) is 8.31. The van der Waals surface area contributed by atoms with Crippen LogP contribution in [-0.4, -0.2) is 23.1 Å². The Labute approximate surface area is 205 Å². The predicted octanol–water partition coefficient (Wildman–Crippen LogP) is 5.80. The van der Waals surface area contributed by atoms with E-state index in [1.165, 1.54) is 24.4 Å². The number of hydrazone groups is 1. The Balaban J connectivity index is 1.49. The van der Waals surface area contributed by atoms with Gasteiger partial charge in [-0.05, 0) is 47.3 Å². The highest BCUT2D eigenvalue weighted by Crippen LogP contribution is 2.26. The van der Waals surface area contributed by atoms with Crippen LogP contribution in [0.25, 0.3) is 10.8 Å². The Morgan fingerprint density at radius 2 is 1.65 bits per heavy atom. The molecule has 0 fully saturated rings.